The van der Waals surface area contributed by atoms with Crippen molar-refractivity contribution in [3.63, 3.8) is 0 Å². The van der Waals surface area contributed by atoms with E-state index in [1.807, 2.05) is 45.9 Å². The van der Waals surface area contributed by atoms with Crippen LogP contribution in [-0.2, 0) is 4.74 Å². The molecule has 2 aromatic heterocycles. The molecule has 1 saturated heterocycles. The van der Waals surface area contributed by atoms with E-state index in [0.717, 1.165) is 23.5 Å². The van der Waals surface area contributed by atoms with Gasteiger partial charge in [0.15, 0.2) is 5.82 Å². The van der Waals surface area contributed by atoms with E-state index >= 15 is 0 Å². The minimum absolute atomic E-state index is 0.122. The third-order valence-corrected chi connectivity index (χ3v) is 4.30. The summed E-state index contributed by atoms with van der Waals surface area (Å²) in [7, 11) is 0. The molecule has 0 radical (unpaired) electrons. The molecule has 0 unspecified atom stereocenters. The number of carbonyl (C=O) groups is 1. The van der Waals surface area contributed by atoms with Crippen LogP contribution in [0.2, 0.25) is 0 Å². The third kappa shape index (κ3) is 4.74. The number of nitriles is 1. The summed E-state index contributed by atoms with van der Waals surface area (Å²) in [6.45, 7) is 8.72. The van der Waals surface area contributed by atoms with Gasteiger partial charge in [-0.3, -0.25) is 0 Å². The highest BCUT2D eigenvalue weighted by Crippen LogP contribution is 2.22. The Morgan fingerprint density at radius 1 is 1.32 bits per heavy atom. The van der Waals surface area contributed by atoms with Crippen LogP contribution in [0.3, 0.4) is 0 Å². The number of amides is 1. The number of aryl methyl sites for hydroxylation is 1. The van der Waals surface area contributed by atoms with Crippen molar-refractivity contribution >= 4 is 11.9 Å². The van der Waals surface area contributed by atoms with Crippen LogP contribution in [0.5, 0.6) is 0 Å². The van der Waals surface area contributed by atoms with Gasteiger partial charge in [-0.1, -0.05) is 0 Å². The highest BCUT2D eigenvalue weighted by molar-refractivity contribution is 5.68. The molecule has 3 heterocycles. The van der Waals surface area contributed by atoms with Crippen LogP contribution in [0.1, 0.15) is 38.4 Å². The fraction of sp³-hybridized carbons (Fsp3) is 0.450. The zero-order valence-electron chi connectivity index (χ0n) is 16.6. The summed E-state index contributed by atoms with van der Waals surface area (Å²) in [5, 5.41) is 12.2. The summed E-state index contributed by atoms with van der Waals surface area (Å²) in [4.78, 5) is 26.9. The Morgan fingerprint density at radius 2 is 2.04 bits per heavy atom. The minimum Gasteiger partial charge on any atom is -0.444 e. The number of hydrogen-bond donors (Lipinski definition) is 1. The Balaban J connectivity index is 1.63. The predicted molar refractivity (Wildman–Crippen MR) is 105 cm³/mol. The number of anilines is 1. The molecule has 0 spiro atoms. The van der Waals surface area contributed by atoms with Crippen molar-refractivity contribution in [3.8, 4) is 17.5 Å². The second kappa shape index (κ2) is 7.80. The zero-order valence-corrected chi connectivity index (χ0v) is 16.6. The topological polar surface area (TPSA) is 104 Å². The molecule has 1 N–H and O–H groups in total. The number of nitrogens with one attached hydrogen (secondary N) is 1. The Bertz CT molecular complexity index is 898. The third-order valence-electron chi connectivity index (χ3n) is 4.30. The van der Waals surface area contributed by atoms with E-state index < -0.39 is 5.60 Å². The van der Waals surface area contributed by atoms with Gasteiger partial charge in [0.25, 0.3) is 0 Å². The number of nitrogens with zero attached hydrogens (tertiary/aromatic N) is 5. The standard InChI is InChI=1S/C20H24N6O2/c1-13-16(18-22-10-14(9-21)11-23-18)5-6-17(24-13)25-15-7-8-26(12-15)19(27)28-20(2,3)4/h5-6,10-11,15H,7-8,12H2,1-4H3,(H,24,25)/t15-/m0/s1. The van der Waals surface area contributed by atoms with Crippen LogP contribution >= 0.6 is 0 Å². The molecule has 0 aromatic carbocycles. The second-order valence-electron chi connectivity index (χ2n) is 7.79. The Labute approximate surface area is 164 Å². The van der Waals surface area contributed by atoms with Gasteiger partial charge in [-0.25, -0.2) is 19.7 Å². The number of carbonyl (C=O) groups excluding carboxylic acids is 1. The molecule has 1 amide bonds. The SMILES string of the molecule is Cc1nc(N[C@H]2CCN(C(=O)OC(C)(C)C)C2)ccc1-c1ncc(C#N)cn1. The predicted octanol–water partition coefficient (Wildman–Crippen LogP) is 3.14. The molecule has 0 bridgehead atoms. The number of rotatable bonds is 3. The van der Waals surface area contributed by atoms with Crippen LogP contribution in [0, 0.1) is 18.3 Å². The second-order valence-corrected chi connectivity index (χ2v) is 7.79. The lowest BCUT2D eigenvalue weighted by Gasteiger charge is -2.24. The van der Waals surface area contributed by atoms with Gasteiger partial charge >= 0.3 is 6.09 Å². The van der Waals surface area contributed by atoms with E-state index in [-0.39, 0.29) is 12.1 Å². The maximum atomic E-state index is 12.2. The molecular weight excluding hydrogens is 356 g/mol. The first kappa shape index (κ1) is 19.5. The highest BCUT2D eigenvalue weighted by atomic mass is 16.6. The highest BCUT2D eigenvalue weighted by Gasteiger charge is 2.29. The van der Waals surface area contributed by atoms with E-state index in [1.54, 1.807) is 4.90 Å². The van der Waals surface area contributed by atoms with Crippen molar-refractivity contribution in [3.05, 3.63) is 35.8 Å². The first-order valence-electron chi connectivity index (χ1n) is 9.20. The molecule has 2 aromatic rings. The van der Waals surface area contributed by atoms with Crippen molar-refractivity contribution in [1.29, 1.82) is 5.26 Å². The molecule has 8 heteroatoms. The molecule has 1 aliphatic rings. The van der Waals surface area contributed by atoms with Gasteiger partial charge in [0.05, 0.1) is 11.3 Å². The van der Waals surface area contributed by atoms with Gasteiger partial charge in [0.1, 0.15) is 17.5 Å². The fourth-order valence-electron chi connectivity index (χ4n) is 2.98. The van der Waals surface area contributed by atoms with E-state index in [0.29, 0.717) is 24.5 Å². The molecule has 0 saturated carbocycles. The Kier molecular flexibility index (Phi) is 5.45. The Morgan fingerprint density at radius 3 is 2.64 bits per heavy atom. The molecule has 1 fully saturated rings. The van der Waals surface area contributed by atoms with Crippen molar-refractivity contribution in [2.24, 2.45) is 0 Å². The summed E-state index contributed by atoms with van der Waals surface area (Å²) in [6.07, 6.45) is 3.55. The van der Waals surface area contributed by atoms with Gasteiger partial charge in [-0.2, -0.15) is 5.26 Å². The molecular formula is C20H24N6O2. The van der Waals surface area contributed by atoms with Gasteiger partial charge in [-0.15, -0.1) is 0 Å². The molecule has 28 heavy (non-hydrogen) atoms. The average Bonchev–Trinajstić information content (AvgIpc) is 3.09. The Hall–Kier alpha value is -3.21. The van der Waals surface area contributed by atoms with Crippen molar-refractivity contribution in [2.45, 2.75) is 45.8 Å². The summed E-state index contributed by atoms with van der Waals surface area (Å²) < 4.78 is 5.43. The molecule has 146 valence electrons. The monoisotopic (exact) mass is 380 g/mol. The smallest absolute Gasteiger partial charge is 0.410 e. The molecule has 1 aliphatic heterocycles. The first-order chi connectivity index (χ1) is 13.2. The number of ether oxygens (including phenoxy) is 1. The van der Waals surface area contributed by atoms with E-state index in [4.69, 9.17) is 10.00 Å². The van der Waals surface area contributed by atoms with Gasteiger partial charge < -0.3 is 15.0 Å². The first-order valence-corrected chi connectivity index (χ1v) is 9.20. The van der Waals surface area contributed by atoms with Crippen molar-refractivity contribution in [2.75, 3.05) is 18.4 Å². The lowest BCUT2D eigenvalue weighted by molar-refractivity contribution is 0.0293. The summed E-state index contributed by atoms with van der Waals surface area (Å²) >= 11 is 0. The van der Waals surface area contributed by atoms with Crippen LogP contribution in [0.15, 0.2) is 24.5 Å². The average molecular weight is 380 g/mol. The summed E-state index contributed by atoms with van der Waals surface area (Å²) in [5.41, 5.74) is 1.53. The number of pyridine rings is 1. The lowest BCUT2D eigenvalue weighted by Crippen LogP contribution is -2.36. The quantitative estimate of drug-likeness (QED) is 0.872. The molecule has 8 nitrogen and oxygen atoms in total. The van der Waals surface area contributed by atoms with Crippen molar-refractivity contribution < 1.29 is 9.53 Å². The largest absolute Gasteiger partial charge is 0.444 e. The fourth-order valence-corrected chi connectivity index (χ4v) is 2.98. The summed E-state index contributed by atoms with van der Waals surface area (Å²) in [5.74, 6) is 1.28. The maximum absolute atomic E-state index is 12.2. The van der Waals surface area contributed by atoms with Crippen molar-refractivity contribution in [1.82, 2.24) is 19.9 Å². The minimum atomic E-state index is -0.495. The summed E-state index contributed by atoms with van der Waals surface area (Å²) in [6, 6.07) is 5.91. The van der Waals surface area contributed by atoms with Gasteiger partial charge in [-0.05, 0) is 46.2 Å². The number of aromatic nitrogens is 3. The van der Waals surface area contributed by atoms with Crippen LogP contribution < -0.4 is 5.32 Å². The zero-order chi connectivity index (χ0) is 20.3. The van der Waals surface area contributed by atoms with Crippen LogP contribution in [0.4, 0.5) is 10.6 Å². The maximum Gasteiger partial charge on any atom is 0.410 e. The normalized spacial score (nSPS) is 16.5. The number of hydrogen-bond acceptors (Lipinski definition) is 7. The van der Waals surface area contributed by atoms with Crippen LogP contribution in [0.25, 0.3) is 11.4 Å². The number of likely N-dealkylation sites (tertiary alicyclic amines) is 1. The van der Waals surface area contributed by atoms with Crippen LogP contribution in [-0.4, -0.2) is 50.7 Å². The van der Waals surface area contributed by atoms with Gasteiger partial charge in [0, 0.05) is 37.1 Å². The molecule has 3 rings (SSSR count). The van der Waals surface area contributed by atoms with E-state index in [9.17, 15) is 4.79 Å². The van der Waals surface area contributed by atoms with E-state index in [2.05, 4.69) is 20.3 Å². The molecule has 1 atom stereocenters. The molecule has 0 aliphatic carbocycles. The lowest BCUT2D eigenvalue weighted by atomic mass is 10.2. The van der Waals surface area contributed by atoms with E-state index in [1.165, 1.54) is 12.4 Å². The van der Waals surface area contributed by atoms with Gasteiger partial charge in [0.2, 0.25) is 0 Å².